The molecule has 0 unspecified atom stereocenters. The van der Waals surface area contributed by atoms with Gasteiger partial charge in [-0.2, -0.15) is 5.10 Å². The van der Waals surface area contributed by atoms with Crippen LogP contribution in [-0.2, 0) is 13.1 Å². The van der Waals surface area contributed by atoms with Crippen molar-refractivity contribution in [1.82, 2.24) is 14.7 Å². The Bertz CT molecular complexity index is 1030. The summed E-state index contributed by atoms with van der Waals surface area (Å²) in [5.74, 6) is 0.585. The molecular weight excluding hydrogens is 378 g/mol. The van der Waals surface area contributed by atoms with E-state index in [1.807, 2.05) is 64.3 Å². The first kappa shape index (κ1) is 18.9. The van der Waals surface area contributed by atoms with Gasteiger partial charge in [-0.25, -0.2) is 4.68 Å². The summed E-state index contributed by atoms with van der Waals surface area (Å²) in [5.41, 5.74) is 3.68. The molecule has 154 valence electrons. The first-order chi connectivity index (χ1) is 14.7. The summed E-state index contributed by atoms with van der Waals surface area (Å²) < 4.78 is 7.94. The fourth-order valence-corrected chi connectivity index (χ4v) is 4.39. The van der Waals surface area contributed by atoms with Crippen LogP contribution >= 0.6 is 0 Å². The van der Waals surface area contributed by atoms with Crippen molar-refractivity contribution >= 4 is 5.91 Å². The van der Waals surface area contributed by atoms with Crippen molar-refractivity contribution in [1.29, 1.82) is 0 Å². The Morgan fingerprint density at radius 2 is 1.90 bits per heavy atom. The summed E-state index contributed by atoms with van der Waals surface area (Å²) in [6.07, 6.45) is 6.61. The van der Waals surface area contributed by atoms with Gasteiger partial charge in [-0.05, 0) is 54.7 Å². The molecule has 2 aromatic carbocycles. The van der Waals surface area contributed by atoms with Gasteiger partial charge < -0.3 is 14.7 Å². The van der Waals surface area contributed by atoms with Crippen LogP contribution in [0.1, 0.15) is 47.2 Å². The largest absolute Gasteiger partial charge is 0.487 e. The molecule has 1 fully saturated rings. The highest BCUT2D eigenvalue weighted by Gasteiger charge is 2.33. The molecule has 2 atom stereocenters. The van der Waals surface area contributed by atoms with Crippen LogP contribution in [-0.4, -0.2) is 37.9 Å². The third-order valence-corrected chi connectivity index (χ3v) is 6.00. The van der Waals surface area contributed by atoms with E-state index in [-0.39, 0.29) is 12.0 Å². The Hall–Kier alpha value is -3.12. The second-order valence-corrected chi connectivity index (χ2v) is 8.08. The molecule has 1 N–H and O–H groups in total. The number of amides is 1. The molecule has 3 aromatic rings. The van der Waals surface area contributed by atoms with Gasteiger partial charge in [-0.3, -0.25) is 4.79 Å². The highest BCUT2D eigenvalue weighted by Crippen LogP contribution is 2.34. The zero-order chi connectivity index (χ0) is 20.5. The first-order valence-corrected chi connectivity index (χ1v) is 10.5. The van der Waals surface area contributed by atoms with E-state index >= 15 is 0 Å². The fraction of sp³-hybridized carbons (Fsp3) is 0.333. The molecule has 30 heavy (non-hydrogen) atoms. The van der Waals surface area contributed by atoms with Gasteiger partial charge in [0.05, 0.1) is 17.4 Å². The van der Waals surface area contributed by atoms with E-state index in [9.17, 15) is 9.90 Å². The molecule has 1 saturated carbocycles. The van der Waals surface area contributed by atoms with Gasteiger partial charge in [0.25, 0.3) is 5.91 Å². The lowest BCUT2D eigenvalue weighted by molar-refractivity contribution is 0.00636. The van der Waals surface area contributed by atoms with Crippen molar-refractivity contribution in [3.05, 3.63) is 77.6 Å². The summed E-state index contributed by atoms with van der Waals surface area (Å²) in [6, 6.07) is 15.7. The number of benzene rings is 2. The predicted molar refractivity (Wildman–Crippen MR) is 112 cm³/mol. The Balaban J connectivity index is 1.31. The standard InChI is InChI=1S/C24H25N3O3/c28-20-6-1-2-7-21(20)30-22-8-3-5-18-16-26(24(29)23(18)22)15-17-9-11-19(12-10-17)27-14-4-13-25-27/h3-5,8-14,20-21,28H,1-2,6-7,15-16H2/t20-,21-/m1/s1. The topological polar surface area (TPSA) is 67.6 Å². The van der Waals surface area contributed by atoms with Gasteiger partial charge in [0.1, 0.15) is 11.9 Å². The summed E-state index contributed by atoms with van der Waals surface area (Å²) in [5, 5.41) is 14.5. The van der Waals surface area contributed by atoms with Crippen LogP contribution in [0, 0.1) is 0 Å². The molecular formula is C24H25N3O3. The van der Waals surface area contributed by atoms with Crippen molar-refractivity contribution in [3.8, 4) is 11.4 Å². The lowest BCUT2D eigenvalue weighted by atomic mass is 9.94. The van der Waals surface area contributed by atoms with Crippen molar-refractivity contribution in [2.45, 2.75) is 51.0 Å². The number of nitrogens with zero attached hydrogens (tertiary/aromatic N) is 3. The van der Waals surface area contributed by atoms with Crippen LogP contribution in [0.2, 0.25) is 0 Å². The number of ether oxygens (including phenoxy) is 1. The number of hydrogen-bond donors (Lipinski definition) is 1. The Morgan fingerprint density at radius 1 is 1.07 bits per heavy atom. The van der Waals surface area contributed by atoms with Gasteiger partial charge in [0, 0.05) is 25.5 Å². The first-order valence-electron chi connectivity index (χ1n) is 10.5. The van der Waals surface area contributed by atoms with Gasteiger partial charge >= 0.3 is 0 Å². The normalized spacial score (nSPS) is 21.0. The maximum Gasteiger partial charge on any atom is 0.258 e. The number of fused-ring (bicyclic) bond motifs is 1. The van der Waals surface area contributed by atoms with Gasteiger partial charge in [-0.15, -0.1) is 0 Å². The minimum Gasteiger partial charge on any atom is -0.487 e. The van der Waals surface area contributed by atoms with Gasteiger partial charge in [0.2, 0.25) is 0 Å². The fourth-order valence-electron chi connectivity index (χ4n) is 4.39. The highest BCUT2D eigenvalue weighted by molar-refractivity contribution is 6.01. The van der Waals surface area contributed by atoms with Crippen LogP contribution in [0.15, 0.2) is 60.9 Å². The Morgan fingerprint density at radius 3 is 2.67 bits per heavy atom. The molecule has 0 saturated heterocycles. The number of rotatable bonds is 5. The van der Waals surface area contributed by atoms with Crippen LogP contribution in [0.25, 0.3) is 5.69 Å². The molecule has 6 nitrogen and oxygen atoms in total. The number of aromatic nitrogens is 2. The number of carbonyl (C=O) groups excluding carboxylic acids is 1. The average Bonchev–Trinajstić information content (AvgIpc) is 3.40. The molecule has 6 heteroatoms. The molecule has 1 amide bonds. The van der Waals surface area contributed by atoms with E-state index in [2.05, 4.69) is 5.10 Å². The van der Waals surface area contributed by atoms with E-state index in [0.717, 1.165) is 42.5 Å². The zero-order valence-electron chi connectivity index (χ0n) is 16.8. The van der Waals surface area contributed by atoms with Gasteiger partial charge in [0.15, 0.2) is 0 Å². The predicted octanol–water partition coefficient (Wildman–Crippen LogP) is 3.71. The quantitative estimate of drug-likeness (QED) is 0.705. The molecule has 0 bridgehead atoms. The molecule has 1 aliphatic heterocycles. The number of aliphatic hydroxyl groups is 1. The van der Waals surface area contributed by atoms with Crippen molar-refractivity contribution in [2.75, 3.05) is 0 Å². The molecule has 1 aliphatic carbocycles. The SMILES string of the molecule is O=C1c2c(cccc2O[C@@H]2CCCC[C@H]2O)CN1Cc1ccc(-n2cccn2)cc1. The second-order valence-electron chi connectivity index (χ2n) is 8.08. The molecule has 2 aliphatic rings. The van der Waals surface area contributed by atoms with Gasteiger partial charge in [-0.1, -0.05) is 30.7 Å². The summed E-state index contributed by atoms with van der Waals surface area (Å²) in [4.78, 5) is 15.0. The van der Waals surface area contributed by atoms with Crippen LogP contribution < -0.4 is 4.74 Å². The monoisotopic (exact) mass is 403 g/mol. The maximum atomic E-state index is 13.2. The number of aliphatic hydroxyl groups excluding tert-OH is 1. The highest BCUT2D eigenvalue weighted by atomic mass is 16.5. The van der Waals surface area contributed by atoms with Crippen molar-refractivity contribution < 1.29 is 14.6 Å². The summed E-state index contributed by atoms with van der Waals surface area (Å²) >= 11 is 0. The van der Waals surface area contributed by atoms with Crippen LogP contribution in [0.5, 0.6) is 5.75 Å². The lowest BCUT2D eigenvalue weighted by Crippen LogP contribution is -2.35. The average molecular weight is 403 g/mol. The second kappa shape index (κ2) is 7.95. The van der Waals surface area contributed by atoms with Crippen molar-refractivity contribution in [2.24, 2.45) is 0 Å². The molecule has 0 spiro atoms. The Labute approximate surface area is 175 Å². The van der Waals surface area contributed by atoms with Crippen LogP contribution in [0.4, 0.5) is 0 Å². The zero-order valence-corrected chi connectivity index (χ0v) is 16.8. The van der Waals surface area contributed by atoms with E-state index < -0.39 is 6.10 Å². The summed E-state index contributed by atoms with van der Waals surface area (Å²) in [7, 11) is 0. The number of carbonyl (C=O) groups is 1. The van der Waals surface area contributed by atoms with E-state index in [4.69, 9.17) is 4.74 Å². The maximum absolute atomic E-state index is 13.2. The summed E-state index contributed by atoms with van der Waals surface area (Å²) in [6.45, 7) is 1.11. The minimum absolute atomic E-state index is 0.0120. The van der Waals surface area contributed by atoms with E-state index in [1.54, 1.807) is 6.20 Å². The molecule has 5 rings (SSSR count). The number of hydrogen-bond acceptors (Lipinski definition) is 4. The third-order valence-electron chi connectivity index (χ3n) is 6.00. The van der Waals surface area contributed by atoms with Crippen LogP contribution in [0.3, 0.4) is 0 Å². The van der Waals surface area contributed by atoms with E-state index in [0.29, 0.717) is 24.4 Å². The van der Waals surface area contributed by atoms with E-state index in [1.165, 1.54) is 0 Å². The molecule has 2 heterocycles. The van der Waals surface area contributed by atoms with Crippen molar-refractivity contribution in [3.63, 3.8) is 0 Å². The minimum atomic E-state index is -0.462. The smallest absolute Gasteiger partial charge is 0.258 e. The Kier molecular flexibility index (Phi) is 5.01. The molecule has 0 radical (unpaired) electrons. The third kappa shape index (κ3) is 3.59. The lowest BCUT2D eigenvalue weighted by Gasteiger charge is -2.28. The molecule has 1 aromatic heterocycles.